The predicted molar refractivity (Wildman–Crippen MR) is 89.0 cm³/mol. The molecule has 2 heterocycles. The van der Waals surface area contributed by atoms with Gasteiger partial charge in [0.15, 0.2) is 5.16 Å². The second-order valence-electron chi connectivity index (χ2n) is 5.13. The molecule has 1 aromatic heterocycles. The van der Waals surface area contributed by atoms with Crippen molar-refractivity contribution in [2.45, 2.75) is 17.5 Å². The van der Waals surface area contributed by atoms with Crippen molar-refractivity contribution in [2.24, 2.45) is 0 Å². The average Bonchev–Trinajstić information content (AvgIpc) is 2.52. The molecule has 1 aromatic carbocycles. The molecule has 0 aliphatic carbocycles. The van der Waals surface area contributed by atoms with Crippen LogP contribution in [0.4, 0.5) is 5.82 Å². The zero-order valence-electron chi connectivity index (χ0n) is 12.2. The van der Waals surface area contributed by atoms with Gasteiger partial charge in [-0.15, -0.1) is 6.58 Å². The number of hydrogen-bond donors (Lipinski definition) is 3. The Bertz CT molecular complexity index is 814. The van der Waals surface area contributed by atoms with Crippen molar-refractivity contribution in [1.82, 2.24) is 9.97 Å². The van der Waals surface area contributed by atoms with Crippen LogP contribution in [0.15, 0.2) is 46.9 Å². The third-order valence-corrected chi connectivity index (χ3v) is 4.43. The minimum atomic E-state index is -0.381. The van der Waals surface area contributed by atoms with E-state index < -0.39 is 0 Å². The van der Waals surface area contributed by atoms with Crippen LogP contribution in [-0.4, -0.2) is 26.7 Å². The Morgan fingerprint density at radius 2 is 2.09 bits per heavy atom. The Kier molecular flexibility index (Phi) is 4.20. The highest BCUT2D eigenvalue weighted by molar-refractivity contribution is 7.99. The number of anilines is 1. The minimum Gasteiger partial charge on any atom is -0.508 e. The number of rotatable bonds is 4. The first-order chi connectivity index (χ1) is 11.1. The number of amides is 1. The van der Waals surface area contributed by atoms with Crippen LogP contribution in [0.5, 0.6) is 5.75 Å². The smallest absolute Gasteiger partial charge is 0.257 e. The molecule has 1 unspecified atom stereocenters. The van der Waals surface area contributed by atoms with Gasteiger partial charge in [-0.1, -0.05) is 30.0 Å². The predicted octanol–water partition coefficient (Wildman–Crippen LogP) is 2.23. The number of phenols is 1. The normalized spacial score (nSPS) is 16.5. The lowest BCUT2D eigenvalue weighted by molar-refractivity contribution is -0.116. The van der Waals surface area contributed by atoms with Crippen molar-refractivity contribution < 1.29 is 9.90 Å². The largest absolute Gasteiger partial charge is 0.508 e. The molecular formula is C16H15N3O3S. The summed E-state index contributed by atoms with van der Waals surface area (Å²) in [7, 11) is 0. The zero-order valence-corrected chi connectivity index (χ0v) is 13.0. The number of carbonyl (C=O) groups is 1. The highest BCUT2D eigenvalue weighted by Gasteiger charge is 2.30. The van der Waals surface area contributed by atoms with Crippen LogP contribution in [0.1, 0.15) is 23.5 Å². The summed E-state index contributed by atoms with van der Waals surface area (Å²) in [6.45, 7) is 3.63. The van der Waals surface area contributed by atoms with Gasteiger partial charge in [0.25, 0.3) is 5.56 Å². The van der Waals surface area contributed by atoms with Gasteiger partial charge >= 0.3 is 0 Å². The summed E-state index contributed by atoms with van der Waals surface area (Å²) < 4.78 is 0. The summed E-state index contributed by atoms with van der Waals surface area (Å²) in [6.07, 6.45) is 1.88. The van der Waals surface area contributed by atoms with E-state index >= 15 is 0 Å². The standard InChI is InChI=1S/C16H15N3O3S/c1-2-7-23-16-18-14-13(15(22)19-16)11(8-12(21)17-14)9-3-5-10(20)6-4-9/h2-6,11,20H,1,7-8H2,(H2,17,18,19,21,22). The van der Waals surface area contributed by atoms with Crippen LogP contribution >= 0.6 is 11.8 Å². The third kappa shape index (κ3) is 3.14. The van der Waals surface area contributed by atoms with Crippen molar-refractivity contribution in [3.8, 4) is 5.75 Å². The van der Waals surface area contributed by atoms with Crippen molar-refractivity contribution in [3.63, 3.8) is 0 Å². The maximum atomic E-state index is 12.5. The van der Waals surface area contributed by atoms with E-state index in [9.17, 15) is 14.7 Å². The number of aromatic amines is 1. The first kappa shape index (κ1) is 15.4. The van der Waals surface area contributed by atoms with Crippen molar-refractivity contribution in [1.29, 1.82) is 0 Å². The maximum absolute atomic E-state index is 12.5. The number of H-pyrrole nitrogens is 1. The summed E-state index contributed by atoms with van der Waals surface area (Å²) in [5.74, 6) is 0.478. The Labute approximate surface area is 136 Å². The van der Waals surface area contributed by atoms with Gasteiger partial charge in [0.2, 0.25) is 5.91 Å². The number of hydrogen-bond acceptors (Lipinski definition) is 5. The number of fused-ring (bicyclic) bond motifs is 1. The van der Waals surface area contributed by atoms with E-state index in [2.05, 4.69) is 21.9 Å². The van der Waals surface area contributed by atoms with Gasteiger partial charge in [-0.25, -0.2) is 4.98 Å². The number of thioether (sulfide) groups is 1. The summed E-state index contributed by atoms with van der Waals surface area (Å²) in [5.41, 5.74) is 0.968. The van der Waals surface area contributed by atoms with Gasteiger partial charge < -0.3 is 15.4 Å². The number of carbonyl (C=O) groups excluding carboxylic acids is 1. The van der Waals surface area contributed by atoms with Gasteiger partial charge in [0, 0.05) is 18.1 Å². The van der Waals surface area contributed by atoms with Crippen molar-refractivity contribution >= 4 is 23.5 Å². The van der Waals surface area contributed by atoms with Gasteiger partial charge in [-0.3, -0.25) is 9.59 Å². The van der Waals surface area contributed by atoms with E-state index in [1.807, 2.05) is 0 Å². The Morgan fingerprint density at radius 1 is 1.35 bits per heavy atom. The number of aromatic hydroxyl groups is 1. The van der Waals surface area contributed by atoms with Crippen LogP contribution in [0.25, 0.3) is 0 Å². The van der Waals surface area contributed by atoms with Crippen LogP contribution in [0.2, 0.25) is 0 Å². The Balaban J connectivity index is 2.06. The first-order valence-electron chi connectivity index (χ1n) is 7.05. The van der Waals surface area contributed by atoms with Crippen LogP contribution in [0.3, 0.4) is 0 Å². The number of nitrogens with one attached hydrogen (secondary N) is 2. The molecule has 1 amide bonds. The zero-order chi connectivity index (χ0) is 16.4. The third-order valence-electron chi connectivity index (χ3n) is 3.56. The quantitative estimate of drug-likeness (QED) is 0.454. The SMILES string of the molecule is C=CCSc1nc2c(c(=O)[nH]1)C(c1ccc(O)cc1)CC(=O)N2. The molecular weight excluding hydrogens is 314 g/mol. The molecule has 23 heavy (non-hydrogen) atoms. The van der Waals surface area contributed by atoms with Crippen molar-refractivity contribution in [3.05, 3.63) is 58.4 Å². The van der Waals surface area contributed by atoms with Gasteiger partial charge in [-0.2, -0.15) is 0 Å². The Hall–Kier alpha value is -2.54. The fraction of sp³-hybridized carbons (Fsp3) is 0.188. The fourth-order valence-corrected chi connectivity index (χ4v) is 3.14. The molecule has 2 aromatic rings. The highest BCUT2D eigenvalue weighted by Crippen LogP contribution is 2.34. The van der Waals surface area contributed by atoms with Crippen LogP contribution < -0.4 is 10.9 Å². The molecule has 118 valence electrons. The molecule has 0 fully saturated rings. The summed E-state index contributed by atoms with van der Waals surface area (Å²) in [4.78, 5) is 31.5. The number of nitrogens with zero attached hydrogens (tertiary/aromatic N) is 1. The van der Waals surface area contributed by atoms with Crippen molar-refractivity contribution in [2.75, 3.05) is 11.1 Å². The van der Waals surface area contributed by atoms with E-state index in [0.29, 0.717) is 22.3 Å². The first-order valence-corrected chi connectivity index (χ1v) is 8.03. The van der Waals surface area contributed by atoms with E-state index in [4.69, 9.17) is 0 Å². The summed E-state index contributed by atoms with van der Waals surface area (Å²) >= 11 is 1.34. The van der Waals surface area contributed by atoms with Crippen LogP contribution in [-0.2, 0) is 4.79 Å². The molecule has 3 N–H and O–H groups in total. The lowest BCUT2D eigenvalue weighted by atomic mass is 9.87. The lowest BCUT2D eigenvalue weighted by Gasteiger charge is -2.24. The molecule has 0 bridgehead atoms. The van der Waals surface area contributed by atoms with Gasteiger partial charge in [0.1, 0.15) is 11.6 Å². The molecule has 1 atom stereocenters. The van der Waals surface area contributed by atoms with E-state index in [1.165, 1.54) is 23.9 Å². The minimum absolute atomic E-state index is 0.137. The molecule has 0 saturated heterocycles. The highest BCUT2D eigenvalue weighted by atomic mass is 32.2. The van der Waals surface area contributed by atoms with Crippen LogP contribution in [0, 0.1) is 0 Å². The molecule has 1 aliphatic heterocycles. The lowest BCUT2D eigenvalue weighted by Crippen LogP contribution is -2.31. The number of aromatic nitrogens is 2. The average molecular weight is 329 g/mol. The van der Waals surface area contributed by atoms with E-state index in [-0.39, 0.29) is 29.6 Å². The molecule has 0 saturated carbocycles. The number of benzene rings is 1. The summed E-state index contributed by atoms with van der Waals surface area (Å²) in [5, 5.41) is 12.5. The van der Waals surface area contributed by atoms with E-state index in [0.717, 1.165) is 5.56 Å². The molecule has 0 spiro atoms. The van der Waals surface area contributed by atoms with E-state index in [1.54, 1.807) is 18.2 Å². The molecule has 3 rings (SSSR count). The molecule has 6 nitrogen and oxygen atoms in total. The Morgan fingerprint density at radius 3 is 2.78 bits per heavy atom. The monoisotopic (exact) mass is 329 g/mol. The molecule has 1 aliphatic rings. The summed E-state index contributed by atoms with van der Waals surface area (Å²) in [6, 6.07) is 6.50. The topological polar surface area (TPSA) is 95.1 Å². The molecule has 7 heteroatoms. The van der Waals surface area contributed by atoms with Gasteiger partial charge in [0.05, 0.1) is 5.56 Å². The fourth-order valence-electron chi connectivity index (χ4n) is 2.55. The number of phenolic OH excluding ortho intramolecular Hbond substituents is 1. The second-order valence-corrected chi connectivity index (χ2v) is 6.14. The maximum Gasteiger partial charge on any atom is 0.257 e. The second kappa shape index (κ2) is 6.29. The van der Waals surface area contributed by atoms with Gasteiger partial charge in [-0.05, 0) is 17.7 Å². The molecule has 0 radical (unpaired) electrons.